The van der Waals surface area contributed by atoms with Crippen LogP contribution < -0.4 is 0 Å². The van der Waals surface area contributed by atoms with Crippen molar-refractivity contribution in [2.24, 2.45) is 0 Å². The molecule has 0 atom stereocenters. The van der Waals surface area contributed by atoms with Crippen LogP contribution in [0.5, 0.6) is 0 Å². The summed E-state index contributed by atoms with van der Waals surface area (Å²) in [6.07, 6.45) is 7.90. The highest BCUT2D eigenvalue weighted by molar-refractivity contribution is 6.83. The monoisotopic (exact) mass is 218 g/mol. The topological polar surface area (TPSA) is 17.8 Å². The number of hydrogen-bond donors (Lipinski definition) is 0. The molecule has 0 bridgehead atoms. The van der Waals surface area contributed by atoms with Crippen molar-refractivity contribution in [2.45, 2.75) is 44.9 Å². The van der Waals surface area contributed by atoms with Gasteiger partial charge in [0.1, 0.15) is 8.07 Å². The van der Waals surface area contributed by atoms with Gasteiger partial charge in [-0.2, -0.15) is 5.10 Å². The first-order valence-corrected chi connectivity index (χ1v) is 9.12. The molecule has 1 heterocycles. The molecule has 0 aliphatic heterocycles. The lowest BCUT2D eigenvalue weighted by molar-refractivity contribution is 0.289. The highest BCUT2D eigenvalue weighted by atomic mass is 28.3. The molecule has 0 amide bonds. The van der Waals surface area contributed by atoms with Crippen molar-refractivity contribution in [3.05, 3.63) is 18.0 Å². The van der Waals surface area contributed by atoms with Crippen molar-refractivity contribution >= 4 is 8.07 Å². The van der Waals surface area contributed by atoms with Crippen molar-refractivity contribution in [1.29, 1.82) is 0 Å². The maximum atomic E-state index is 4.37. The van der Waals surface area contributed by atoms with Gasteiger partial charge in [0.15, 0.2) is 0 Å². The first-order valence-electron chi connectivity index (χ1n) is 5.62. The van der Waals surface area contributed by atoms with E-state index in [4.69, 9.17) is 0 Å². The van der Waals surface area contributed by atoms with Crippen LogP contribution in [-0.4, -0.2) is 17.9 Å². The van der Waals surface area contributed by atoms with Crippen LogP contribution in [0.2, 0.25) is 19.6 Å². The van der Waals surface area contributed by atoms with E-state index in [-0.39, 0.29) is 0 Å². The number of nitrogens with zero attached hydrogens (tertiary/aromatic N) is 2. The van der Waals surface area contributed by atoms with Crippen molar-refractivity contribution < 1.29 is 0 Å². The molecule has 1 aliphatic rings. The van der Waals surface area contributed by atoms with Gasteiger partial charge in [0.25, 0.3) is 0 Å². The normalized spacial score (nSPS) is 16.7. The van der Waals surface area contributed by atoms with Gasteiger partial charge in [0.05, 0.1) is 17.8 Å². The molecular weight excluding hydrogens is 200 g/mol. The SMILES string of the molecule is C[Si](C)(C)C#Cc1cnn(C2CCC2)c1. The fourth-order valence-electron chi connectivity index (χ4n) is 1.51. The third-order valence-corrected chi connectivity index (χ3v) is 3.51. The second kappa shape index (κ2) is 3.86. The van der Waals surface area contributed by atoms with E-state index in [0.717, 1.165) is 5.56 Å². The lowest BCUT2D eigenvalue weighted by atomic mass is 9.93. The number of hydrogen-bond acceptors (Lipinski definition) is 1. The molecule has 1 fully saturated rings. The van der Waals surface area contributed by atoms with Crippen LogP contribution in [0.4, 0.5) is 0 Å². The van der Waals surface area contributed by atoms with Crippen molar-refractivity contribution in [2.75, 3.05) is 0 Å². The Kier molecular flexibility index (Phi) is 2.70. The Hall–Kier alpha value is -1.01. The van der Waals surface area contributed by atoms with E-state index >= 15 is 0 Å². The summed E-state index contributed by atoms with van der Waals surface area (Å²) in [5.74, 6) is 3.24. The van der Waals surface area contributed by atoms with Crippen molar-refractivity contribution in [1.82, 2.24) is 9.78 Å². The molecule has 0 N–H and O–H groups in total. The van der Waals surface area contributed by atoms with Gasteiger partial charge in [-0.3, -0.25) is 4.68 Å². The van der Waals surface area contributed by atoms with E-state index < -0.39 is 8.07 Å². The molecule has 1 aromatic heterocycles. The minimum atomic E-state index is -1.25. The molecule has 80 valence electrons. The standard InChI is InChI=1S/C12H18N2Si/c1-15(2,3)8-7-11-9-13-14(10-11)12-5-4-6-12/h9-10,12H,4-6H2,1-3H3. The first kappa shape index (κ1) is 10.5. The average molecular weight is 218 g/mol. The summed E-state index contributed by atoms with van der Waals surface area (Å²) in [7, 11) is -1.25. The average Bonchev–Trinajstić information content (AvgIpc) is 2.45. The molecule has 15 heavy (non-hydrogen) atoms. The van der Waals surface area contributed by atoms with Gasteiger partial charge < -0.3 is 0 Å². The highest BCUT2D eigenvalue weighted by Gasteiger charge is 2.19. The Labute approximate surface area is 92.7 Å². The summed E-state index contributed by atoms with van der Waals surface area (Å²) in [5, 5.41) is 4.37. The summed E-state index contributed by atoms with van der Waals surface area (Å²) in [6.45, 7) is 6.78. The molecule has 1 aromatic rings. The quantitative estimate of drug-likeness (QED) is 0.523. The maximum Gasteiger partial charge on any atom is 0.129 e. The Balaban J connectivity index is 2.09. The summed E-state index contributed by atoms with van der Waals surface area (Å²) in [4.78, 5) is 0. The zero-order valence-electron chi connectivity index (χ0n) is 9.75. The van der Waals surface area contributed by atoms with E-state index in [9.17, 15) is 0 Å². The zero-order valence-corrected chi connectivity index (χ0v) is 10.7. The van der Waals surface area contributed by atoms with Crippen LogP contribution in [0.15, 0.2) is 12.4 Å². The van der Waals surface area contributed by atoms with Gasteiger partial charge in [-0.15, -0.1) is 5.54 Å². The molecule has 1 aliphatic carbocycles. The summed E-state index contributed by atoms with van der Waals surface area (Å²) in [5.41, 5.74) is 4.44. The Morgan fingerprint density at radius 2 is 2.13 bits per heavy atom. The van der Waals surface area contributed by atoms with E-state index in [1.54, 1.807) is 0 Å². The predicted octanol–water partition coefficient (Wildman–Crippen LogP) is 2.84. The maximum absolute atomic E-state index is 4.37. The minimum Gasteiger partial charge on any atom is -0.268 e. The van der Waals surface area contributed by atoms with Gasteiger partial charge in [-0.05, 0) is 19.3 Å². The first-order chi connectivity index (χ1) is 7.04. The molecule has 2 nitrogen and oxygen atoms in total. The number of rotatable bonds is 1. The predicted molar refractivity (Wildman–Crippen MR) is 65.3 cm³/mol. The van der Waals surface area contributed by atoms with Crippen LogP contribution in [-0.2, 0) is 0 Å². The van der Waals surface area contributed by atoms with Crippen LogP contribution >= 0.6 is 0 Å². The molecule has 1 saturated carbocycles. The van der Waals surface area contributed by atoms with Crippen LogP contribution in [0, 0.1) is 11.5 Å². The van der Waals surface area contributed by atoms with E-state index in [0.29, 0.717) is 6.04 Å². The van der Waals surface area contributed by atoms with Gasteiger partial charge >= 0.3 is 0 Å². The summed E-state index contributed by atoms with van der Waals surface area (Å²) in [6, 6.07) is 0.646. The molecule has 0 saturated heterocycles. The molecule has 0 unspecified atom stereocenters. The van der Waals surface area contributed by atoms with Crippen LogP contribution in [0.25, 0.3) is 0 Å². The summed E-state index contributed by atoms with van der Waals surface area (Å²) < 4.78 is 2.08. The van der Waals surface area contributed by atoms with Gasteiger partial charge in [0.2, 0.25) is 0 Å². The molecule has 3 heteroatoms. The summed E-state index contributed by atoms with van der Waals surface area (Å²) >= 11 is 0. The zero-order chi connectivity index (χ0) is 10.9. The fraction of sp³-hybridized carbons (Fsp3) is 0.583. The molecule has 2 rings (SSSR count). The molecule has 0 spiro atoms. The van der Waals surface area contributed by atoms with Crippen molar-refractivity contribution in [3.63, 3.8) is 0 Å². The molecule has 0 radical (unpaired) electrons. The lowest BCUT2D eigenvalue weighted by Crippen LogP contribution is -2.17. The number of aromatic nitrogens is 2. The lowest BCUT2D eigenvalue weighted by Gasteiger charge is -2.25. The molecular formula is C12H18N2Si. The second-order valence-electron chi connectivity index (χ2n) is 5.29. The largest absolute Gasteiger partial charge is 0.268 e. The van der Waals surface area contributed by atoms with Gasteiger partial charge in [-0.1, -0.05) is 25.6 Å². The smallest absolute Gasteiger partial charge is 0.129 e. The Morgan fingerprint density at radius 1 is 1.40 bits per heavy atom. The third-order valence-electron chi connectivity index (χ3n) is 2.63. The Bertz CT molecular complexity index is 399. The van der Waals surface area contributed by atoms with Gasteiger partial charge in [0, 0.05) is 6.20 Å². The third kappa shape index (κ3) is 2.72. The van der Waals surface area contributed by atoms with E-state index in [1.165, 1.54) is 19.3 Å². The minimum absolute atomic E-state index is 0.646. The Morgan fingerprint density at radius 3 is 2.67 bits per heavy atom. The highest BCUT2D eigenvalue weighted by Crippen LogP contribution is 2.30. The van der Waals surface area contributed by atoms with E-state index in [1.807, 2.05) is 6.20 Å². The fourth-order valence-corrected chi connectivity index (χ4v) is 2.03. The van der Waals surface area contributed by atoms with Gasteiger partial charge in [-0.25, -0.2) is 0 Å². The molecule has 0 aromatic carbocycles. The van der Waals surface area contributed by atoms with Crippen LogP contribution in [0.3, 0.4) is 0 Å². The van der Waals surface area contributed by atoms with E-state index in [2.05, 4.69) is 47.1 Å². The second-order valence-corrected chi connectivity index (χ2v) is 10.0. The van der Waals surface area contributed by atoms with Crippen molar-refractivity contribution in [3.8, 4) is 11.5 Å². The van der Waals surface area contributed by atoms with Crippen LogP contribution in [0.1, 0.15) is 30.9 Å².